The monoisotopic (exact) mass is 725 g/mol. The summed E-state index contributed by atoms with van der Waals surface area (Å²) in [5.74, 6) is 1.85. The van der Waals surface area contributed by atoms with Gasteiger partial charge in [0.1, 0.15) is 12.4 Å². The van der Waals surface area contributed by atoms with Gasteiger partial charge >= 0.3 is 0 Å². The maximum absolute atomic E-state index is 13.6. The fourth-order valence-corrected chi connectivity index (χ4v) is 10.7. The van der Waals surface area contributed by atoms with Crippen molar-refractivity contribution in [2.24, 2.45) is 23.7 Å². The van der Waals surface area contributed by atoms with E-state index in [1.807, 2.05) is 25.1 Å². The summed E-state index contributed by atoms with van der Waals surface area (Å²) in [6.45, 7) is 13.8. The van der Waals surface area contributed by atoms with Crippen molar-refractivity contribution in [3.8, 4) is 5.75 Å². The Bertz CT molecular complexity index is 1620. The minimum atomic E-state index is -3.87. The van der Waals surface area contributed by atoms with E-state index in [0.717, 1.165) is 119 Å². The van der Waals surface area contributed by atoms with Crippen LogP contribution in [0.4, 0.5) is 5.69 Å². The van der Waals surface area contributed by atoms with E-state index in [0.29, 0.717) is 36.0 Å². The summed E-state index contributed by atoms with van der Waals surface area (Å²) in [6, 6.07) is 12.0. The van der Waals surface area contributed by atoms with Crippen molar-refractivity contribution < 1.29 is 17.9 Å². The van der Waals surface area contributed by atoms with Gasteiger partial charge in [-0.05, 0) is 117 Å². The van der Waals surface area contributed by atoms with Gasteiger partial charge in [-0.15, -0.1) is 0 Å². The molecule has 9 nitrogen and oxygen atoms in total. The predicted octanol–water partition coefficient (Wildman–Crippen LogP) is 5.56. The van der Waals surface area contributed by atoms with E-state index >= 15 is 0 Å². The van der Waals surface area contributed by atoms with E-state index in [9.17, 15) is 13.2 Å². The molecule has 0 radical (unpaired) electrons. The van der Waals surface area contributed by atoms with E-state index in [-0.39, 0.29) is 5.92 Å². The molecule has 2 aromatic rings. The summed E-state index contributed by atoms with van der Waals surface area (Å²) in [6.07, 6.45) is 8.35. The Morgan fingerprint density at radius 3 is 2.64 bits per heavy atom. The highest BCUT2D eigenvalue weighted by Gasteiger charge is 2.40. The van der Waals surface area contributed by atoms with Crippen LogP contribution in [0.2, 0.25) is 5.02 Å². The Balaban J connectivity index is 1.19. The molecule has 7 rings (SSSR count). The quantitative estimate of drug-likeness (QED) is 0.416. The number of nitrogens with one attached hydrogen (secondary N) is 2. The van der Waals surface area contributed by atoms with E-state index < -0.39 is 21.2 Å². The third-order valence-corrected chi connectivity index (χ3v) is 14.8. The standard InChI is InChI=1S/C39H56ClN5O4S/c1-27-6-5-8-31(23-43-18-19-44-17-15-41-22-35(44)25-43)36-13-10-32(36)24-45-16-4-3-7-29-20-34(40)12-9-33(29)26-49-38-14-11-30(21-37(38)45)39(46)42-50(47,48)28(27)2/h9,11-12,14,20-21,27-28,31-32,35-36,41H,3-8,10,13,15-19,22-26H2,1-2H3,(H,42,46)/t27-,28+,31+,32-,35-,36-/m0/s1. The molecule has 1 saturated carbocycles. The summed E-state index contributed by atoms with van der Waals surface area (Å²) in [4.78, 5) is 21.4. The second kappa shape index (κ2) is 15.7. The molecule has 50 heavy (non-hydrogen) atoms. The van der Waals surface area contributed by atoms with Gasteiger partial charge in [-0.25, -0.2) is 13.1 Å². The zero-order valence-corrected chi connectivity index (χ0v) is 31.5. The molecule has 2 bridgehead atoms. The van der Waals surface area contributed by atoms with E-state index in [1.165, 1.54) is 18.4 Å². The molecule has 274 valence electrons. The normalized spacial score (nSPS) is 31.4. The first kappa shape index (κ1) is 36.0. The van der Waals surface area contributed by atoms with Crippen LogP contribution in [0.3, 0.4) is 0 Å². The lowest BCUT2D eigenvalue weighted by Crippen LogP contribution is -2.61. The molecule has 5 aliphatic rings. The average Bonchev–Trinajstić information content (AvgIpc) is 3.12. The number of carbonyl (C=O) groups is 1. The molecule has 2 saturated heterocycles. The van der Waals surface area contributed by atoms with E-state index in [2.05, 4.69) is 36.9 Å². The van der Waals surface area contributed by atoms with Gasteiger partial charge < -0.3 is 19.9 Å². The molecule has 11 heteroatoms. The number of hydrogen-bond donors (Lipinski definition) is 2. The zero-order valence-electron chi connectivity index (χ0n) is 29.9. The first-order chi connectivity index (χ1) is 24.1. The lowest BCUT2D eigenvalue weighted by atomic mass is 9.65. The number of ether oxygens (including phenoxy) is 1. The number of fused-ring (bicyclic) bond motifs is 4. The molecular weight excluding hydrogens is 670 g/mol. The zero-order chi connectivity index (χ0) is 34.8. The van der Waals surface area contributed by atoms with Crippen molar-refractivity contribution in [3.05, 3.63) is 58.1 Å². The summed E-state index contributed by atoms with van der Waals surface area (Å²) in [7, 11) is -3.87. The Kier molecular flexibility index (Phi) is 11.3. The van der Waals surface area contributed by atoms with Crippen LogP contribution in [0.1, 0.15) is 80.3 Å². The number of benzene rings is 2. The van der Waals surface area contributed by atoms with Gasteiger partial charge in [0.15, 0.2) is 0 Å². The molecule has 0 aromatic heterocycles. The Labute approximate surface area is 304 Å². The highest BCUT2D eigenvalue weighted by atomic mass is 35.5. The Morgan fingerprint density at radius 1 is 0.920 bits per heavy atom. The van der Waals surface area contributed by atoms with Crippen molar-refractivity contribution in [2.45, 2.75) is 83.1 Å². The summed E-state index contributed by atoms with van der Waals surface area (Å²) >= 11 is 6.40. The molecule has 2 N–H and O–H groups in total. The maximum Gasteiger partial charge on any atom is 0.264 e. The average molecular weight is 726 g/mol. The SMILES string of the molecule is C[C@@H]1[C@@H](C)CCC[C@H](CN2CCN3CCNC[C@H]3C2)[C@@H]2CC[C@H]2CN2CCCCc3cc(Cl)ccc3COc3ccc(cc32)C(=O)NS1(=O)=O. The second-order valence-corrected chi connectivity index (χ2v) is 18.3. The van der Waals surface area contributed by atoms with Crippen LogP contribution in [0.25, 0.3) is 0 Å². The van der Waals surface area contributed by atoms with Crippen molar-refractivity contribution in [2.75, 3.05) is 63.8 Å². The number of anilines is 1. The number of rotatable bonds is 2. The van der Waals surface area contributed by atoms with Gasteiger partial charge in [0.05, 0.1) is 10.9 Å². The summed E-state index contributed by atoms with van der Waals surface area (Å²) in [5, 5.41) is 3.68. The Morgan fingerprint density at radius 2 is 1.80 bits per heavy atom. The first-order valence-electron chi connectivity index (χ1n) is 19.2. The van der Waals surface area contributed by atoms with Gasteiger partial charge in [0.2, 0.25) is 10.0 Å². The third kappa shape index (κ3) is 8.15. The first-order valence-corrected chi connectivity index (χ1v) is 21.1. The molecular formula is C39H56ClN5O4S. The highest BCUT2D eigenvalue weighted by molar-refractivity contribution is 7.90. The summed E-state index contributed by atoms with van der Waals surface area (Å²) < 4.78 is 36.0. The second-order valence-electron chi connectivity index (χ2n) is 15.8. The van der Waals surface area contributed by atoms with Crippen molar-refractivity contribution >= 4 is 33.2 Å². The maximum atomic E-state index is 13.6. The van der Waals surface area contributed by atoms with Crippen molar-refractivity contribution in [1.29, 1.82) is 0 Å². The van der Waals surface area contributed by atoms with E-state index in [1.54, 1.807) is 13.0 Å². The van der Waals surface area contributed by atoms with Crippen LogP contribution in [-0.2, 0) is 23.1 Å². The molecule has 6 atom stereocenters. The smallest absolute Gasteiger partial charge is 0.264 e. The fourth-order valence-electron chi connectivity index (χ4n) is 9.20. The molecule has 4 heterocycles. The minimum Gasteiger partial charge on any atom is -0.487 e. The summed E-state index contributed by atoms with van der Waals surface area (Å²) in [5.41, 5.74) is 3.55. The molecule has 0 spiro atoms. The number of halogens is 1. The number of amides is 1. The number of piperazine rings is 2. The Hall–Kier alpha value is -2.37. The van der Waals surface area contributed by atoms with Crippen LogP contribution in [0.15, 0.2) is 36.4 Å². The number of carbonyl (C=O) groups excluding carboxylic acids is 1. The topological polar surface area (TPSA) is 94.2 Å². The van der Waals surface area contributed by atoms with Crippen LogP contribution in [0, 0.1) is 23.7 Å². The molecule has 0 unspecified atom stereocenters. The molecule has 3 fully saturated rings. The molecule has 1 amide bonds. The van der Waals surface area contributed by atoms with Gasteiger partial charge in [-0.2, -0.15) is 0 Å². The van der Waals surface area contributed by atoms with Gasteiger partial charge in [-0.3, -0.25) is 9.69 Å². The van der Waals surface area contributed by atoms with Gasteiger partial charge in [-0.1, -0.05) is 31.0 Å². The van der Waals surface area contributed by atoms with Crippen molar-refractivity contribution in [1.82, 2.24) is 19.8 Å². The van der Waals surface area contributed by atoms with Crippen molar-refractivity contribution in [3.63, 3.8) is 0 Å². The lowest BCUT2D eigenvalue weighted by Gasteiger charge is -2.49. The van der Waals surface area contributed by atoms with Crippen LogP contribution in [0.5, 0.6) is 5.75 Å². The van der Waals surface area contributed by atoms with E-state index in [4.69, 9.17) is 16.3 Å². The number of hydrogen-bond acceptors (Lipinski definition) is 8. The predicted molar refractivity (Wildman–Crippen MR) is 201 cm³/mol. The van der Waals surface area contributed by atoms with Gasteiger partial charge in [0, 0.05) is 75.5 Å². The number of sulfonamides is 1. The molecule has 4 aliphatic heterocycles. The number of aryl methyl sites for hydroxylation is 1. The third-order valence-electron chi connectivity index (χ3n) is 12.7. The van der Waals surface area contributed by atoms with Gasteiger partial charge in [0.25, 0.3) is 5.91 Å². The van der Waals surface area contributed by atoms with Crippen LogP contribution in [-0.4, -0.2) is 94.3 Å². The lowest BCUT2D eigenvalue weighted by molar-refractivity contribution is 0.0209. The fraction of sp³-hybridized carbons (Fsp3) is 0.667. The van der Waals surface area contributed by atoms with Crippen LogP contribution >= 0.6 is 11.6 Å². The highest BCUT2D eigenvalue weighted by Crippen LogP contribution is 2.44. The number of nitrogens with zero attached hydrogens (tertiary/aromatic N) is 3. The minimum absolute atomic E-state index is 0.0584. The van der Waals surface area contributed by atoms with Crippen LogP contribution < -0.4 is 19.7 Å². The molecule has 2 aromatic carbocycles. The largest absolute Gasteiger partial charge is 0.487 e. The molecule has 1 aliphatic carbocycles.